The highest BCUT2D eigenvalue weighted by Gasteiger charge is 2.36. The average Bonchev–Trinajstić information content (AvgIpc) is 2.95. The summed E-state index contributed by atoms with van der Waals surface area (Å²) in [5.41, 5.74) is -0.424. The smallest absolute Gasteiger partial charge is 0.315 e. The van der Waals surface area contributed by atoms with E-state index in [1.165, 1.54) is 0 Å². The van der Waals surface area contributed by atoms with Crippen LogP contribution in [-0.2, 0) is 12.6 Å². The third kappa shape index (κ3) is 3.47. The Labute approximate surface area is 113 Å². The fourth-order valence-corrected chi connectivity index (χ4v) is 2.15. The highest BCUT2D eigenvalue weighted by atomic mass is 16.3. The number of carbonyl (C=O) groups excluding carboxylic acids is 1. The summed E-state index contributed by atoms with van der Waals surface area (Å²) in [5.74, 6) is 0.615. The van der Waals surface area contributed by atoms with Gasteiger partial charge in [0.2, 0.25) is 0 Å². The van der Waals surface area contributed by atoms with E-state index in [2.05, 4.69) is 22.7 Å². The molecule has 1 heterocycles. The molecule has 0 spiro atoms. The van der Waals surface area contributed by atoms with Crippen LogP contribution in [-0.4, -0.2) is 33.5 Å². The van der Waals surface area contributed by atoms with Crippen molar-refractivity contribution in [3.63, 3.8) is 0 Å². The molecule has 0 saturated heterocycles. The van der Waals surface area contributed by atoms with Crippen molar-refractivity contribution in [1.82, 2.24) is 20.4 Å². The largest absolute Gasteiger partial charge is 0.383 e. The van der Waals surface area contributed by atoms with Crippen LogP contribution in [0.3, 0.4) is 0 Å². The maximum absolute atomic E-state index is 11.7. The molecule has 106 valence electrons. The molecule has 2 amide bonds. The van der Waals surface area contributed by atoms with E-state index in [-0.39, 0.29) is 12.6 Å². The van der Waals surface area contributed by atoms with Crippen LogP contribution in [0.4, 0.5) is 4.79 Å². The van der Waals surface area contributed by atoms with E-state index in [9.17, 15) is 9.90 Å². The van der Waals surface area contributed by atoms with Crippen LogP contribution in [0.15, 0.2) is 12.4 Å². The number of aliphatic hydroxyl groups is 1. The molecule has 0 bridgehead atoms. The molecule has 0 unspecified atom stereocenters. The highest BCUT2D eigenvalue weighted by Crippen LogP contribution is 2.32. The molecular weight excluding hydrogens is 244 g/mol. The van der Waals surface area contributed by atoms with E-state index in [0.29, 0.717) is 17.5 Å². The van der Waals surface area contributed by atoms with Gasteiger partial charge in [-0.25, -0.2) is 4.79 Å². The van der Waals surface area contributed by atoms with E-state index in [0.717, 1.165) is 12.8 Å². The highest BCUT2D eigenvalue weighted by molar-refractivity contribution is 5.74. The second-order valence-corrected chi connectivity index (χ2v) is 5.51. The first-order chi connectivity index (χ1) is 8.92. The van der Waals surface area contributed by atoms with Crippen molar-refractivity contribution in [2.45, 2.75) is 38.3 Å². The maximum atomic E-state index is 11.7. The topological polar surface area (TPSA) is 79.2 Å². The van der Waals surface area contributed by atoms with Crippen LogP contribution in [0.2, 0.25) is 0 Å². The summed E-state index contributed by atoms with van der Waals surface area (Å²) < 4.78 is 1.62. The predicted octanol–water partition coefficient (Wildman–Crippen LogP) is 0.725. The number of aryl methyl sites for hydroxylation is 1. The first-order valence-corrected chi connectivity index (χ1v) is 6.68. The quantitative estimate of drug-likeness (QED) is 0.735. The third-order valence-corrected chi connectivity index (χ3v) is 3.68. The second-order valence-electron chi connectivity index (χ2n) is 5.51. The first kappa shape index (κ1) is 13.9. The molecule has 3 N–H and O–H groups in total. The van der Waals surface area contributed by atoms with Crippen LogP contribution in [0.5, 0.6) is 0 Å². The number of hydrogen-bond acceptors (Lipinski definition) is 3. The number of aromatic nitrogens is 2. The second kappa shape index (κ2) is 5.21. The fraction of sp³-hybridized carbons (Fsp3) is 0.692. The van der Waals surface area contributed by atoms with Gasteiger partial charge in [-0.15, -0.1) is 0 Å². The molecule has 0 aromatic carbocycles. The summed E-state index contributed by atoms with van der Waals surface area (Å²) in [6.45, 7) is 3.95. The zero-order valence-corrected chi connectivity index (χ0v) is 11.7. The van der Waals surface area contributed by atoms with Crippen LogP contribution in [0.1, 0.15) is 32.3 Å². The minimum atomic E-state index is -1.11. The van der Waals surface area contributed by atoms with Gasteiger partial charge in [-0.2, -0.15) is 5.10 Å². The Kier molecular flexibility index (Phi) is 3.80. The molecule has 6 nitrogen and oxygen atoms in total. The van der Waals surface area contributed by atoms with Crippen molar-refractivity contribution in [3.8, 4) is 0 Å². The number of rotatable bonds is 5. The van der Waals surface area contributed by atoms with Crippen molar-refractivity contribution in [3.05, 3.63) is 18.0 Å². The Morgan fingerprint density at radius 3 is 2.95 bits per heavy atom. The molecule has 1 aromatic heterocycles. The number of nitrogens with one attached hydrogen (secondary N) is 2. The number of hydrogen-bond donors (Lipinski definition) is 3. The van der Waals surface area contributed by atoms with Gasteiger partial charge in [0.1, 0.15) is 5.60 Å². The predicted molar refractivity (Wildman–Crippen MR) is 71.5 cm³/mol. The molecule has 0 radical (unpaired) electrons. The van der Waals surface area contributed by atoms with E-state index < -0.39 is 5.60 Å². The monoisotopic (exact) mass is 266 g/mol. The fourth-order valence-electron chi connectivity index (χ4n) is 2.15. The molecule has 1 aliphatic carbocycles. The van der Waals surface area contributed by atoms with E-state index in [1.807, 2.05) is 0 Å². The summed E-state index contributed by atoms with van der Waals surface area (Å²) in [4.78, 5) is 11.7. The Hall–Kier alpha value is -1.56. The van der Waals surface area contributed by atoms with Gasteiger partial charge in [0, 0.05) is 24.8 Å². The van der Waals surface area contributed by atoms with Gasteiger partial charge < -0.3 is 15.7 Å². The molecule has 0 aliphatic heterocycles. The van der Waals surface area contributed by atoms with Gasteiger partial charge in [-0.1, -0.05) is 13.3 Å². The molecule has 2 rings (SSSR count). The Morgan fingerprint density at radius 1 is 1.68 bits per heavy atom. The first-order valence-electron chi connectivity index (χ1n) is 6.68. The van der Waals surface area contributed by atoms with Crippen molar-refractivity contribution in [1.29, 1.82) is 0 Å². The third-order valence-electron chi connectivity index (χ3n) is 3.68. The van der Waals surface area contributed by atoms with Gasteiger partial charge in [-0.3, -0.25) is 4.68 Å². The van der Waals surface area contributed by atoms with Crippen LogP contribution < -0.4 is 10.6 Å². The zero-order valence-electron chi connectivity index (χ0n) is 11.7. The van der Waals surface area contributed by atoms with Gasteiger partial charge in [0.15, 0.2) is 0 Å². The normalized spacial score (nSPS) is 24.6. The lowest BCUT2D eigenvalue weighted by molar-refractivity contribution is 0.0593. The average molecular weight is 266 g/mol. The Bertz CT molecular complexity index is 455. The van der Waals surface area contributed by atoms with Crippen LogP contribution >= 0.6 is 0 Å². The van der Waals surface area contributed by atoms with Crippen molar-refractivity contribution in [2.24, 2.45) is 13.0 Å². The van der Waals surface area contributed by atoms with Gasteiger partial charge in [0.05, 0.1) is 12.7 Å². The summed E-state index contributed by atoms with van der Waals surface area (Å²) in [5, 5.41) is 19.9. The SMILES string of the molecule is CC[C@@H]1C[C@@H]1NC(=O)NC[C@](C)(O)c1cnn(C)c1. The summed E-state index contributed by atoms with van der Waals surface area (Å²) in [6.07, 6.45) is 5.50. The number of urea groups is 1. The number of carbonyl (C=O) groups is 1. The van der Waals surface area contributed by atoms with E-state index >= 15 is 0 Å². The van der Waals surface area contributed by atoms with Crippen LogP contribution in [0.25, 0.3) is 0 Å². The molecule has 1 saturated carbocycles. The lowest BCUT2D eigenvalue weighted by Gasteiger charge is -2.22. The molecular formula is C13H22N4O2. The van der Waals surface area contributed by atoms with Crippen LogP contribution in [0, 0.1) is 5.92 Å². The lowest BCUT2D eigenvalue weighted by Crippen LogP contribution is -2.44. The molecule has 1 aromatic rings. The van der Waals surface area contributed by atoms with Gasteiger partial charge in [-0.05, 0) is 19.3 Å². The van der Waals surface area contributed by atoms with E-state index in [4.69, 9.17) is 0 Å². The summed E-state index contributed by atoms with van der Waals surface area (Å²) in [7, 11) is 1.79. The number of amides is 2. The molecule has 3 atom stereocenters. The molecule has 1 aliphatic rings. The molecule has 19 heavy (non-hydrogen) atoms. The van der Waals surface area contributed by atoms with Crippen molar-refractivity contribution < 1.29 is 9.90 Å². The summed E-state index contributed by atoms with van der Waals surface area (Å²) in [6, 6.07) is 0.0819. The van der Waals surface area contributed by atoms with Crippen molar-refractivity contribution in [2.75, 3.05) is 6.54 Å². The van der Waals surface area contributed by atoms with E-state index in [1.54, 1.807) is 31.0 Å². The van der Waals surface area contributed by atoms with Crippen molar-refractivity contribution >= 4 is 6.03 Å². The summed E-state index contributed by atoms with van der Waals surface area (Å²) >= 11 is 0. The Morgan fingerprint density at radius 2 is 2.42 bits per heavy atom. The number of nitrogens with zero attached hydrogens (tertiary/aromatic N) is 2. The molecule has 6 heteroatoms. The zero-order chi connectivity index (χ0) is 14.0. The van der Waals surface area contributed by atoms with Gasteiger partial charge in [0.25, 0.3) is 0 Å². The van der Waals surface area contributed by atoms with Gasteiger partial charge >= 0.3 is 6.03 Å². The standard InChI is InChI=1S/C13H22N4O2/c1-4-9-5-11(9)16-12(18)14-8-13(2,19)10-6-15-17(3)7-10/h6-7,9,11,19H,4-5,8H2,1-3H3,(H2,14,16,18)/t9-,11+,13+/m1/s1. The maximum Gasteiger partial charge on any atom is 0.315 e. The minimum absolute atomic E-state index is 0.161. The molecule has 1 fully saturated rings. The lowest BCUT2D eigenvalue weighted by atomic mass is 10.00. The minimum Gasteiger partial charge on any atom is -0.383 e. The Balaban J connectivity index is 1.79.